The number of benzene rings is 2. The molecule has 0 bridgehead atoms. The summed E-state index contributed by atoms with van der Waals surface area (Å²) in [7, 11) is 1.58. The molecule has 10 nitrogen and oxygen atoms in total. The first-order valence-corrected chi connectivity index (χ1v) is 13.4. The van der Waals surface area contributed by atoms with Crippen LogP contribution in [0.25, 0.3) is 33.8 Å². The lowest BCUT2D eigenvalue weighted by Crippen LogP contribution is -2.15. The van der Waals surface area contributed by atoms with Crippen LogP contribution in [0, 0.1) is 0 Å². The van der Waals surface area contributed by atoms with Crippen LogP contribution in [0.4, 0.5) is 36.4 Å². The number of nitrogens with one attached hydrogen (secondary N) is 1. The molecule has 0 saturated heterocycles. The molecular weight excluding hydrogens is 585 g/mol. The van der Waals surface area contributed by atoms with Gasteiger partial charge in [0.15, 0.2) is 0 Å². The molecule has 6 aromatic rings. The molecule has 0 unspecified atom stereocenters. The van der Waals surface area contributed by atoms with Gasteiger partial charge in [-0.3, -0.25) is 4.98 Å². The van der Waals surface area contributed by atoms with Crippen molar-refractivity contribution in [3.05, 3.63) is 109 Å². The van der Waals surface area contributed by atoms with E-state index in [0.717, 1.165) is 12.1 Å². The highest BCUT2D eigenvalue weighted by molar-refractivity contribution is 5.74. The lowest BCUT2D eigenvalue weighted by Gasteiger charge is -2.20. The highest BCUT2D eigenvalue weighted by atomic mass is 19.4. The number of halogens is 3. The molecule has 45 heavy (non-hydrogen) atoms. The van der Waals surface area contributed by atoms with Crippen LogP contribution in [-0.2, 0) is 6.18 Å². The van der Waals surface area contributed by atoms with Gasteiger partial charge in [-0.2, -0.15) is 13.2 Å². The molecule has 0 radical (unpaired) electrons. The topological polar surface area (TPSA) is 133 Å². The van der Waals surface area contributed by atoms with Gasteiger partial charge in [0.05, 0.1) is 28.8 Å². The van der Waals surface area contributed by atoms with Crippen molar-refractivity contribution in [3.63, 3.8) is 0 Å². The van der Waals surface area contributed by atoms with E-state index in [0.29, 0.717) is 45.4 Å². The van der Waals surface area contributed by atoms with Crippen molar-refractivity contribution >= 4 is 23.3 Å². The summed E-state index contributed by atoms with van der Waals surface area (Å²) >= 11 is 0. The molecule has 6 rings (SSSR count). The van der Waals surface area contributed by atoms with Gasteiger partial charge in [0.1, 0.15) is 5.75 Å². The van der Waals surface area contributed by atoms with Crippen molar-refractivity contribution < 1.29 is 23.4 Å². The Morgan fingerprint density at radius 2 is 1.47 bits per heavy atom. The third kappa shape index (κ3) is 6.62. The summed E-state index contributed by atoms with van der Waals surface area (Å²) in [5.41, 5.74) is 3.31. The van der Waals surface area contributed by atoms with E-state index in [9.17, 15) is 23.4 Å². The number of pyridine rings is 2. The minimum atomic E-state index is -4.52. The van der Waals surface area contributed by atoms with Crippen molar-refractivity contribution in [2.45, 2.75) is 6.18 Å². The molecule has 4 aromatic heterocycles. The van der Waals surface area contributed by atoms with Gasteiger partial charge < -0.3 is 20.4 Å². The van der Waals surface area contributed by atoms with Gasteiger partial charge in [-0.05, 0) is 54.6 Å². The van der Waals surface area contributed by atoms with Crippen molar-refractivity contribution in [3.8, 4) is 45.4 Å². The summed E-state index contributed by atoms with van der Waals surface area (Å²) in [5.74, 6) is 0.230. The summed E-state index contributed by atoms with van der Waals surface area (Å²) < 4.78 is 40.4. The lowest BCUT2D eigenvalue weighted by molar-refractivity contribution is -0.137. The number of rotatable bonds is 7. The smallest absolute Gasteiger partial charge is 0.416 e. The molecule has 0 atom stereocenters. The van der Waals surface area contributed by atoms with Crippen LogP contribution in [-0.4, -0.2) is 47.2 Å². The summed E-state index contributed by atoms with van der Waals surface area (Å²) in [5, 5.41) is 23.0. The average Bonchev–Trinajstić information content (AvgIpc) is 3.04. The highest BCUT2D eigenvalue weighted by Crippen LogP contribution is 2.34. The van der Waals surface area contributed by atoms with Gasteiger partial charge in [0, 0.05) is 59.8 Å². The Morgan fingerprint density at radius 3 is 2.22 bits per heavy atom. The van der Waals surface area contributed by atoms with Crippen LogP contribution in [0.15, 0.2) is 104 Å². The van der Waals surface area contributed by atoms with Crippen LogP contribution in [0.2, 0.25) is 0 Å². The number of hydrogen-bond donors (Lipinski definition) is 3. The van der Waals surface area contributed by atoms with Crippen LogP contribution in [0.1, 0.15) is 5.56 Å². The Labute approximate surface area is 254 Å². The second-order valence-corrected chi connectivity index (χ2v) is 9.85. The van der Waals surface area contributed by atoms with Crippen molar-refractivity contribution in [2.24, 2.45) is 0 Å². The minimum Gasteiger partial charge on any atom is -0.506 e. The van der Waals surface area contributed by atoms with E-state index in [1.54, 1.807) is 49.8 Å². The van der Waals surface area contributed by atoms with Crippen LogP contribution < -0.4 is 10.2 Å². The van der Waals surface area contributed by atoms with Crippen molar-refractivity contribution in [2.75, 3.05) is 17.3 Å². The fraction of sp³-hybridized carbons (Fsp3) is 0.0625. The maximum absolute atomic E-state index is 13.5. The van der Waals surface area contributed by atoms with E-state index in [1.165, 1.54) is 35.5 Å². The molecule has 3 N–H and O–H groups in total. The fourth-order valence-electron chi connectivity index (χ4n) is 4.50. The number of aromatic nitrogens is 6. The lowest BCUT2D eigenvalue weighted by atomic mass is 10.1. The number of nitrogens with zero attached hydrogens (tertiary/aromatic N) is 7. The summed E-state index contributed by atoms with van der Waals surface area (Å²) in [4.78, 5) is 27.4. The zero-order valence-corrected chi connectivity index (χ0v) is 23.5. The van der Waals surface area contributed by atoms with Crippen LogP contribution in [0.5, 0.6) is 11.6 Å². The molecule has 224 valence electrons. The Kier molecular flexibility index (Phi) is 7.65. The SMILES string of the molecule is CN(c1cccc(C(F)(F)F)c1)c1nc(-c2cccc(Nc3nccc(-c4cncc(O)c4)n3)c2)cc(-c2ccnc(O)c2)n1. The molecule has 0 aliphatic carbocycles. The van der Waals surface area contributed by atoms with E-state index in [-0.39, 0.29) is 23.3 Å². The molecular formula is C32H23F3N8O2. The number of aromatic hydroxyl groups is 2. The Bertz CT molecular complexity index is 2000. The quantitative estimate of drug-likeness (QED) is 0.174. The van der Waals surface area contributed by atoms with Gasteiger partial charge in [-0.25, -0.2) is 24.9 Å². The monoisotopic (exact) mass is 608 g/mol. The normalized spacial score (nSPS) is 11.3. The zero-order chi connectivity index (χ0) is 31.6. The molecule has 0 amide bonds. The Balaban J connectivity index is 1.38. The fourth-order valence-corrected chi connectivity index (χ4v) is 4.50. The molecule has 0 saturated carbocycles. The maximum Gasteiger partial charge on any atom is 0.416 e. The molecule has 2 aromatic carbocycles. The zero-order valence-electron chi connectivity index (χ0n) is 23.5. The Hall–Kier alpha value is -6.11. The van der Waals surface area contributed by atoms with E-state index in [2.05, 4.69) is 30.2 Å². The number of anilines is 4. The minimum absolute atomic E-state index is 0.0117. The maximum atomic E-state index is 13.5. The average molecular weight is 609 g/mol. The Morgan fingerprint density at radius 1 is 0.711 bits per heavy atom. The van der Waals surface area contributed by atoms with Gasteiger partial charge in [0.25, 0.3) is 0 Å². The van der Waals surface area contributed by atoms with Crippen LogP contribution >= 0.6 is 0 Å². The number of hydrogen-bond acceptors (Lipinski definition) is 10. The predicted octanol–water partition coefficient (Wildman–Crippen LogP) is 7.00. The van der Waals surface area contributed by atoms with Crippen LogP contribution in [0.3, 0.4) is 0 Å². The molecule has 13 heteroatoms. The van der Waals surface area contributed by atoms with Crippen molar-refractivity contribution in [1.82, 2.24) is 29.9 Å². The third-order valence-corrected chi connectivity index (χ3v) is 6.71. The second kappa shape index (κ2) is 11.9. The van der Waals surface area contributed by atoms with Crippen molar-refractivity contribution in [1.29, 1.82) is 0 Å². The second-order valence-electron chi connectivity index (χ2n) is 9.85. The van der Waals surface area contributed by atoms with Gasteiger partial charge >= 0.3 is 6.18 Å². The third-order valence-electron chi connectivity index (χ3n) is 6.71. The standard InChI is InChI=1S/C32H23F3N8O2/c1-43(24-7-3-5-22(15-24)32(33,34)35)31-41-27(16-28(42-31)20-8-10-37-29(45)14-20)19-4-2-6-23(12-19)39-30-38-11-9-26(40-30)21-13-25(44)18-36-17-21/h2-18,44H,1H3,(H,37,45)(H,38,39,40). The first-order chi connectivity index (χ1) is 21.6. The summed E-state index contributed by atoms with van der Waals surface area (Å²) in [6.45, 7) is 0. The van der Waals surface area contributed by atoms with E-state index in [4.69, 9.17) is 4.98 Å². The van der Waals surface area contributed by atoms with Gasteiger partial charge in [-0.1, -0.05) is 18.2 Å². The van der Waals surface area contributed by atoms with E-state index >= 15 is 0 Å². The van der Waals surface area contributed by atoms with E-state index < -0.39 is 11.7 Å². The summed E-state index contributed by atoms with van der Waals surface area (Å²) in [6.07, 6.45) is 1.39. The highest BCUT2D eigenvalue weighted by Gasteiger charge is 2.31. The van der Waals surface area contributed by atoms with Gasteiger partial charge in [-0.15, -0.1) is 0 Å². The van der Waals surface area contributed by atoms with E-state index in [1.807, 2.05) is 18.2 Å². The summed E-state index contributed by atoms with van der Waals surface area (Å²) in [6, 6.07) is 20.2. The molecule has 0 spiro atoms. The van der Waals surface area contributed by atoms with Gasteiger partial charge in [0.2, 0.25) is 17.8 Å². The first kappa shape index (κ1) is 29.0. The largest absolute Gasteiger partial charge is 0.506 e. The molecule has 0 aliphatic rings. The number of alkyl halides is 3. The molecule has 0 aliphatic heterocycles. The predicted molar refractivity (Wildman–Crippen MR) is 162 cm³/mol. The first-order valence-electron chi connectivity index (χ1n) is 13.4. The molecule has 0 fully saturated rings. The molecule has 4 heterocycles.